The molecule has 1 aliphatic rings. The number of ketones is 1. The number of carbonyl (C=O) groups is 2. The van der Waals surface area contributed by atoms with Crippen LogP contribution >= 0.6 is 0 Å². The molecule has 36 heteroatoms. The van der Waals surface area contributed by atoms with Crippen molar-refractivity contribution in [3.8, 4) is 0 Å². The molecular formula is C64H100N32O4. The molecule has 12 rings (SSSR count). The normalized spacial score (nSPS) is 12.5. The van der Waals surface area contributed by atoms with E-state index in [2.05, 4.69) is 164 Å². The molecule has 540 valence electrons. The third-order valence-corrected chi connectivity index (χ3v) is 14.6. The van der Waals surface area contributed by atoms with Crippen LogP contribution in [0.5, 0.6) is 0 Å². The lowest BCUT2D eigenvalue weighted by Gasteiger charge is -2.23. The average molecular weight is 1380 g/mol. The summed E-state index contributed by atoms with van der Waals surface area (Å²) < 4.78 is 11.4. The maximum Gasteiger partial charge on any atom is 0.299 e. The van der Waals surface area contributed by atoms with Crippen molar-refractivity contribution < 1.29 is 9.59 Å². The van der Waals surface area contributed by atoms with E-state index < -0.39 is 5.56 Å². The monoisotopic (exact) mass is 1380 g/mol. The molecule has 0 atom stereocenters. The number of imidazole rings is 6. The van der Waals surface area contributed by atoms with Gasteiger partial charge in [-0.2, -0.15) is 15.0 Å². The Hall–Kier alpha value is -10.9. The van der Waals surface area contributed by atoms with E-state index in [0.29, 0.717) is 91.2 Å². The highest BCUT2D eigenvalue weighted by molar-refractivity contribution is 6.00. The van der Waals surface area contributed by atoms with Crippen molar-refractivity contribution in [2.75, 3.05) is 34.3 Å². The number of rotatable bonds is 3. The first-order chi connectivity index (χ1) is 45.3. The van der Waals surface area contributed by atoms with Gasteiger partial charge in [-0.25, -0.2) is 77.3 Å². The van der Waals surface area contributed by atoms with E-state index >= 15 is 0 Å². The first-order valence-electron chi connectivity index (χ1n) is 31.1. The van der Waals surface area contributed by atoms with Crippen LogP contribution in [0.3, 0.4) is 0 Å². The number of Topliss-reactive ketones (excluding diaryl/α,β-unsaturated/α-hetero) is 1. The van der Waals surface area contributed by atoms with Crippen molar-refractivity contribution in [1.82, 2.24) is 112 Å². The number of anilines is 5. The molecular weight excluding hydrogens is 1280 g/mol. The van der Waals surface area contributed by atoms with E-state index in [4.69, 9.17) is 34.4 Å². The van der Waals surface area contributed by atoms with E-state index in [-0.39, 0.29) is 101 Å². The second-order valence-electron chi connectivity index (χ2n) is 28.9. The van der Waals surface area contributed by atoms with Gasteiger partial charge in [0.15, 0.2) is 68.0 Å². The maximum absolute atomic E-state index is 12.0. The molecule has 1 aliphatic heterocycles. The van der Waals surface area contributed by atoms with Crippen molar-refractivity contribution >= 4 is 96.5 Å². The topological polar surface area (TPSA) is 509 Å². The highest BCUT2D eigenvalue weighted by atomic mass is 16.2. The molecule has 11 aromatic heterocycles. The van der Waals surface area contributed by atoms with Crippen LogP contribution < -0.4 is 67.2 Å². The van der Waals surface area contributed by atoms with Gasteiger partial charge < -0.3 is 60.0 Å². The van der Waals surface area contributed by atoms with E-state index in [1.165, 1.54) is 6.33 Å². The van der Waals surface area contributed by atoms with Crippen molar-refractivity contribution in [3.63, 3.8) is 0 Å². The van der Waals surface area contributed by atoms with Crippen LogP contribution in [0.4, 0.5) is 29.2 Å². The second kappa shape index (κ2) is 30.1. The Morgan fingerprint density at radius 1 is 0.440 bits per heavy atom. The zero-order chi connectivity index (χ0) is 73.3. The highest BCUT2D eigenvalue weighted by Crippen LogP contribution is 2.29. The van der Waals surface area contributed by atoms with Gasteiger partial charge in [-0.15, -0.1) is 0 Å². The molecule has 0 aromatic carbocycles. The van der Waals surface area contributed by atoms with Gasteiger partial charge in [-0.3, -0.25) is 30.0 Å². The largest absolute Gasteiger partial charge is 0.382 e. The van der Waals surface area contributed by atoms with Gasteiger partial charge in [0, 0.05) is 33.2 Å². The number of nitrogens with two attached hydrogens (primary N) is 5. The second-order valence-corrected chi connectivity index (χ2v) is 28.9. The lowest BCUT2D eigenvalue weighted by molar-refractivity contribution is -0.117. The Kier molecular flexibility index (Phi) is 24.0. The number of hydrazine groups is 3. The van der Waals surface area contributed by atoms with Gasteiger partial charge in [-0.1, -0.05) is 14.9 Å². The molecule has 0 saturated heterocycles. The summed E-state index contributed by atoms with van der Waals surface area (Å²) in [6, 6.07) is 0. The van der Waals surface area contributed by atoms with Gasteiger partial charge in [0.2, 0.25) is 5.95 Å². The molecule has 100 heavy (non-hydrogen) atoms. The summed E-state index contributed by atoms with van der Waals surface area (Å²) in [5.74, 6) is 20.1. The van der Waals surface area contributed by atoms with E-state index in [0.717, 1.165) is 11.3 Å². The number of nitrogens with one attached hydrogen (secondary N) is 6. The van der Waals surface area contributed by atoms with Gasteiger partial charge >= 0.3 is 0 Å². The minimum absolute atomic E-state index is 0. The van der Waals surface area contributed by atoms with Crippen LogP contribution in [0.1, 0.15) is 179 Å². The molecule has 16 N–H and O–H groups in total. The summed E-state index contributed by atoms with van der Waals surface area (Å²) in [5.41, 5.74) is 24.4. The van der Waals surface area contributed by atoms with E-state index in [1.807, 2.05) is 99.0 Å². The number of fused-ring (bicyclic) bond motifs is 6. The molecule has 0 fully saturated rings. The molecule has 0 spiro atoms. The third-order valence-electron chi connectivity index (χ3n) is 14.6. The summed E-state index contributed by atoms with van der Waals surface area (Å²) in [4.78, 5) is 112. The number of carbonyl (C=O) groups excluding carboxylic acids is 2. The Balaban J connectivity index is 0.000000216. The number of aryl methyl sites for hydroxylation is 4. The lowest BCUT2D eigenvalue weighted by Crippen LogP contribution is -2.32. The summed E-state index contributed by atoms with van der Waals surface area (Å²) in [6.07, 6.45) is 10.3. The van der Waals surface area contributed by atoms with E-state index in [1.54, 1.807) is 50.1 Å². The standard InChI is InChI=1S/C11H16N6.C11H14N4O2.C11H15N3O2.C10H16N6.C10H15N5.C9H16N8.2CH4/c1-6-15-9(12)7-8(10(13)16-6)17(5-14-7)11(2,3)4;1-6-13-9(16)7-8(10(17)14-6)15(5-12-7)11(2,3)4;1-11(2,3)14-6-13-8-4-7(15)5-12-10(16)9(8)14;1-6-13-8(15-11)7-9(14-6)16(5-12-7)10(2,3)4;1-6-13-8(11)7-9(14-6)15(5-12-7)10(2,3)4;1-9(2,3)17-4-12-5-6(15-10)13-8(16-11)14-7(5)17;;/h5H,1-4H3,(H3,12,13,15,16);5H,1-4H3,(H,13,14,16,17);6H,4-5H2,1-3H3,(H,12,16);5H,11H2,1-4H3,(H,13,14,15);5H,1-4H3,(H2,11,13,14);4H,10-11H2,1-3H3,(H2,13,14,15,16);2*1H4. The number of aromatic amines is 1. The number of H-pyrrole nitrogens is 1. The Morgan fingerprint density at radius 3 is 1.33 bits per heavy atom. The fourth-order valence-corrected chi connectivity index (χ4v) is 9.89. The van der Waals surface area contributed by atoms with Gasteiger partial charge in [0.05, 0.1) is 56.6 Å². The fourth-order valence-electron chi connectivity index (χ4n) is 9.89. The number of hydrogen-bond donors (Lipinski definition) is 11. The predicted molar refractivity (Wildman–Crippen MR) is 389 cm³/mol. The summed E-state index contributed by atoms with van der Waals surface area (Å²) >= 11 is 0. The SMILES string of the molecule is C.C.CC(C)(C)n1cnc2c(NN)nc(NN)nc21.CC(C)(C)n1cnc2c1C(=O)NCC(=O)C2.Cc1nc(=O)c2ncn(C(C)(C)C)c2c(=O)[nH]1.Cc1nc(N)c2c(ncn2C(C)(C)C)c(=N)n1.Cc1nc(N)c2ncn(C(C)(C)C)c2n1.Cc1nc(NN)c2ncn(C(C)(C)C)c2n1. The molecule has 1 amide bonds. The molecule has 11 aromatic rings. The molecule has 0 saturated carbocycles. The molecule has 0 radical (unpaired) electrons. The van der Waals surface area contributed by atoms with Crippen molar-refractivity contribution in [2.24, 2.45) is 17.5 Å². The van der Waals surface area contributed by atoms with Crippen LogP contribution in [-0.4, -0.2) is 125 Å². The predicted octanol–water partition coefficient (Wildman–Crippen LogP) is 6.06. The minimum atomic E-state index is -0.487. The van der Waals surface area contributed by atoms with Gasteiger partial charge in [-0.05, 0) is 152 Å². The summed E-state index contributed by atoms with van der Waals surface area (Å²) in [7, 11) is 0. The maximum atomic E-state index is 12.0. The molecule has 0 bridgehead atoms. The smallest absolute Gasteiger partial charge is 0.299 e. The minimum Gasteiger partial charge on any atom is -0.382 e. The molecule has 12 heterocycles. The third kappa shape index (κ3) is 17.9. The summed E-state index contributed by atoms with van der Waals surface area (Å²) in [6.45, 7) is 43.7. The zero-order valence-corrected chi connectivity index (χ0v) is 59.8. The van der Waals surface area contributed by atoms with Crippen LogP contribution in [0.25, 0.3) is 55.6 Å². The fraction of sp³-hybridized carbons (Fsp3) is 0.500. The molecule has 0 aliphatic carbocycles. The number of hydrogen-bond acceptors (Lipinski definition) is 28. The number of nitrogen functional groups attached to an aromatic ring is 5. The zero-order valence-electron chi connectivity index (χ0n) is 59.8. The Bertz CT molecular complexity index is 4950. The van der Waals surface area contributed by atoms with Crippen molar-refractivity contribution in [1.29, 1.82) is 5.41 Å². The van der Waals surface area contributed by atoms with Crippen LogP contribution in [-0.2, 0) is 44.4 Å². The first kappa shape index (κ1) is 79.8. The molecule has 0 unspecified atom stereocenters. The Morgan fingerprint density at radius 2 is 0.840 bits per heavy atom. The van der Waals surface area contributed by atoms with Crippen LogP contribution in [0.15, 0.2) is 47.6 Å². The van der Waals surface area contributed by atoms with Crippen molar-refractivity contribution in [2.45, 2.75) is 207 Å². The summed E-state index contributed by atoms with van der Waals surface area (Å²) in [5, 5.41) is 10.5. The lowest BCUT2D eigenvalue weighted by atomic mass is 10.1. The van der Waals surface area contributed by atoms with Gasteiger partial charge in [0.1, 0.15) is 51.1 Å². The van der Waals surface area contributed by atoms with Crippen LogP contribution in [0.2, 0.25) is 0 Å². The number of amides is 1. The highest BCUT2D eigenvalue weighted by Gasteiger charge is 2.30. The quantitative estimate of drug-likeness (QED) is 0.0707. The number of aromatic nitrogens is 22. The van der Waals surface area contributed by atoms with E-state index in [9.17, 15) is 19.2 Å². The van der Waals surface area contributed by atoms with Gasteiger partial charge in [0.25, 0.3) is 17.0 Å². The molecule has 36 nitrogen and oxygen atoms in total. The first-order valence-corrected chi connectivity index (χ1v) is 31.1. The average Bonchev–Trinajstić information content (AvgIpc) is 1.67. The van der Waals surface area contributed by atoms with Crippen molar-refractivity contribution in [3.05, 3.63) is 98.8 Å². The Labute approximate surface area is 579 Å². The van der Waals surface area contributed by atoms with Crippen LogP contribution in [0, 0.1) is 33.1 Å². The number of nitrogens with zero attached hydrogens (tertiary/aromatic N) is 21.